The van der Waals surface area contributed by atoms with E-state index in [1.165, 1.54) is 12.8 Å². The highest BCUT2D eigenvalue weighted by molar-refractivity contribution is 7.92. The second-order valence-corrected chi connectivity index (χ2v) is 9.28. The Bertz CT molecular complexity index is 964. The molecule has 0 aromatic carbocycles. The van der Waals surface area contributed by atoms with Crippen molar-refractivity contribution in [3.8, 4) is 0 Å². The van der Waals surface area contributed by atoms with Gasteiger partial charge in [0.05, 0.1) is 18.6 Å². The molecule has 2 aromatic rings. The lowest BCUT2D eigenvalue weighted by Crippen LogP contribution is -2.26. The highest BCUT2D eigenvalue weighted by atomic mass is 32.2. The van der Waals surface area contributed by atoms with Crippen LogP contribution in [0.25, 0.3) is 0 Å². The molecule has 0 unspecified atom stereocenters. The van der Waals surface area contributed by atoms with E-state index in [0.29, 0.717) is 0 Å². The van der Waals surface area contributed by atoms with Crippen LogP contribution in [-0.4, -0.2) is 37.4 Å². The summed E-state index contributed by atoms with van der Waals surface area (Å²) in [6.07, 6.45) is 8.60. The van der Waals surface area contributed by atoms with Crippen molar-refractivity contribution < 1.29 is 47.7 Å². The van der Waals surface area contributed by atoms with Crippen molar-refractivity contribution in [3.05, 3.63) is 24.9 Å². The average molecular weight is 470 g/mol. The molecule has 166 valence electrons. The third-order valence-corrected chi connectivity index (χ3v) is 5.85. The summed E-state index contributed by atoms with van der Waals surface area (Å²) in [5, 5.41) is -3.99. The van der Waals surface area contributed by atoms with Crippen LogP contribution in [0.15, 0.2) is 35.1 Å². The summed E-state index contributed by atoms with van der Waals surface area (Å²) in [5.74, 6) is 0. The fourth-order valence-electron chi connectivity index (χ4n) is 1.72. The normalized spacial score (nSPS) is 13.1. The van der Waals surface area contributed by atoms with Gasteiger partial charge >= 0.3 is 11.0 Å². The first-order valence-electron chi connectivity index (χ1n) is 7.67. The maximum atomic E-state index is 12.0. The molecule has 0 aliphatic rings. The van der Waals surface area contributed by atoms with E-state index in [9.17, 15) is 43.2 Å². The molecular weight excluding hydrogens is 454 g/mol. The fourth-order valence-corrected chi connectivity index (χ4v) is 3.03. The number of aryl methyl sites for hydroxylation is 2. The van der Waals surface area contributed by atoms with Gasteiger partial charge in [0.25, 0.3) is 19.7 Å². The summed E-state index contributed by atoms with van der Waals surface area (Å²) in [5.41, 5.74) is -11.7. The summed E-state index contributed by atoms with van der Waals surface area (Å²) in [4.78, 5) is 4.70. The number of aromatic nitrogens is 4. The summed E-state index contributed by atoms with van der Waals surface area (Å²) in [6.45, 7) is 3.36. The SMILES string of the molecule is CCCCn1cc[n+](C)c1.O=S(=O)(c1c[n-]c(S(=O)(=O)C(F)(F)F)n1)C(F)(F)F. The first-order chi connectivity index (χ1) is 13.0. The van der Waals surface area contributed by atoms with Crippen molar-refractivity contribution in [3.63, 3.8) is 0 Å². The Kier molecular flexibility index (Phi) is 7.50. The van der Waals surface area contributed by atoms with E-state index in [2.05, 4.69) is 44.7 Å². The van der Waals surface area contributed by atoms with Crippen LogP contribution < -0.4 is 9.55 Å². The van der Waals surface area contributed by atoms with Gasteiger partial charge in [-0.05, 0) is 6.42 Å². The van der Waals surface area contributed by atoms with Gasteiger partial charge in [-0.2, -0.15) is 26.3 Å². The molecule has 0 radical (unpaired) electrons. The van der Waals surface area contributed by atoms with Gasteiger partial charge in [0.1, 0.15) is 12.4 Å². The predicted octanol–water partition coefficient (Wildman–Crippen LogP) is 1.74. The van der Waals surface area contributed by atoms with Crippen LogP contribution in [0.5, 0.6) is 0 Å². The van der Waals surface area contributed by atoms with E-state index in [0.717, 1.165) is 6.54 Å². The molecule has 0 spiro atoms. The van der Waals surface area contributed by atoms with Gasteiger partial charge < -0.3 is 9.97 Å². The maximum Gasteiger partial charge on any atom is 0.501 e. The Morgan fingerprint density at radius 2 is 1.62 bits per heavy atom. The minimum absolute atomic E-state index is 0.221. The fraction of sp³-hybridized carbons (Fsp3) is 0.538. The lowest BCUT2D eigenvalue weighted by Gasteiger charge is -2.10. The van der Waals surface area contributed by atoms with Crippen molar-refractivity contribution in [2.75, 3.05) is 0 Å². The monoisotopic (exact) mass is 470 g/mol. The van der Waals surface area contributed by atoms with Gasteiger partial charge in [0, 0.05) is 5.16 Å². The van der Waals surface area contributed by atoms with Crippen molar-refractivity contribution in [1.29, 1.82) is 0 Å². The number of nitrogens with zero attached hydrogens (tertiary/aromatic N) is 4. The van der Waals surface area contributed by atoms with Crippen LogP contribution in [-0.2, 0) is 33.3 Å². The minimum Gasteiger partial charge on any atom is -0.432 e. The summed E-state index contributed by atoms with van der Waals surface area (Å²) < 4.78 is 119. The molecule has 2 heterocycles. The first kappa shape index (κ1) is 24.9. The number of rotatable bonds is 5. The second-order valence-electron chi connectivity index (χ2n) is 5.56. The molecule has 2 rings (SSSR count). The largest absolute Gasteiger partial charge is 0.501 e. The molecule has 2 aromatic heterocycles. The first-order valence-corrected chi connectivity index (χ1v) is 10.6. The molecule has 0 bridgehead atoms. The van der Waals surface area contributed by atoms with E-state index < -0.39 is 40.9 Å². The molecule has 0 fully saturated rings. The average Bonchev–Trinajstić information content (AvgIpc) is 3.21. The molecule has 0 aliphatic carbocycles. The van der Waals surface area contributed by atoms with E-state index in [1.54, 1.807) is 0 Å². The van der Waals surface area contributed by atoms with Crippen LogP contribution in [0.4, 0.5) is 26.3 Å². The highest BCUT2D eigenvalue weighted by Gasteiger charge is 2.48. The summed E-state index contributed by atoms with van der Waals surface area (Å²) in [7, 11) is -10.1. The third-order valence-electron chi connectivity index (χ3n) is 3.21. The van der Waals surface area contributed by atoms with E-state index in [-0.39, 0.29) is 6.20 Å². The summed E-state index contributed by atoms with van der Waals surface area (Å²) in [6, 6.07) is 0. The molecule has 29 heavy (non-hydrogen) atoms. The maximum absolute atomic E-state index is 12.0. The number of halogens is 6. The van der Waals surface area contributed by atoms with Gasteiger partial charge in [-0.3, -0.25) is 0 Å². The van der Waals surface area contributed by atoms with Crippen molar-refractivity contribution in [2.24, 2.45) is 7.05 Å². The standard InChI is InChI=1S/C8H15N2.C5HF6N2O4S2/c1-3-4-5-10-7-6-9(2)8-10;6-4(7,8)18(14,15)2-1-12-3(13-2)19(16,17)5(9,10)11/h6-8H,3-5H2,1-2H3;1H/q+1;-1. The number of hydrogen-bond acceptors (Lipinski definition) is 5. The topological polar surface area (TPSA) is 104 Å². The van der Waals surface area contributed by atoms with E-state index >= 15 is 0 Å². The smallest absolute Gasteiger partial charge is 0.432 e. The number of alkyl halides is 6. The molecular formula is C13H16F6N4O4S2. The van der Waals surface area contributed by atoms with Crippen molar-refractivity contribution in [2.45, 2.75) is 47.5 Å². The molecule has 0 saturated carbocycles. The van der Waals surface area contributed by atoms with Gasteiger partial charge in [0.2, 0.25) is 6.33 Å². The molecule has 0 aliphatic heterocycles. The Morgan fingerprint density at radius 1 is 1.07 bits per heavy atom. The molecule has 0 saturated heterocycles. The van der Waals surface area contributed by atoms with Gasteiger partial charge in [0.15, 0.2) is 0 Å². The molecule has 0 amide bonds. The van der Waals surface area contributed by atoms with Crippen molar-refractivity contribution in [1.82, 2.24) is 14.5 Å². The molecule has 0 N–H and O–H groups in total. The highest BCUT2D eigenvalue weighted by Crippen LogP contribution is 2.32. The van der Waals surface area contributed by atoms with Crippen LogP contribution in [0, 0.1) is 0 Å². The van der Waals surface area contributed by atoms with Gasteiger partial charge in [-0.1, -0.05) is 19.5 Å². The molecule has 16 heteroatoms. The number of unbranched alkanes of at least 4 members (excludes halogenated alkanes) is 1. The third kappa shape index (κ3) is 5.94. The zero-order chi connectivity index (χ0) is 22.7. The zero-order valence-corrected chi connectivity index (χ0v) is 16.6. The van der Waals surface area contributed by atoms with Crippen LogP contribution in [0.3, 0.4) is 0 Å². The summed E-state index contributed by atoms with van der Waals surface area (Å²) >= 11 is 0. The number of imidazole rings is 2. The van der Waals surface area contributed by atoms with E-state index in [1.807, 2.05) is 7.05 Å². The minimum atomic E-state index is -6.12. The van der Waals surface area contributed by atoms with Crippen LogP contribution in [0.2, 0.25) is 0 Å². The zero-order valence-electron chi connectivity index (χ0n) is 14.9. The lowest BCUT2D eigenvalue weighted by molar-refractivity contribution is -0.671. The second kappa shape index (κ2) is 8.73. The van der Waals surface area contributed by atoms with E-state index in [4.69, 9.17) is 0 Å². The molecule has 0 atom stereocenters. The van der Waals surface area contributed by atoms with Crippen molar-refractivity contribution >= 4 is 19.7 Å². The number of hydrogen-bond donors (Lipinski definition) is 0. The molecule has 8 nitrogen and oxygen atoms in total. The Morgan fingerprint density at radius 3 is 2.03 bits per heavy atom. The quantitative estimate of drug-likeness (QED) is 0.487. The Labute approximate surface area is 162 Å². The Hall–Kier alpha value is -2.10. The van der Waals surface area contributed by atoms with Crippen LogP contribution >= 0.6 is 0 Å². The Balaban J connectivity index is 0.000000352. The number of sulfone groups is 2. The predicted molar refractivity (Wildman–Crippen MR) is 84.6 cm³/mol. The van der Waals surface area contributed by atoms with Gasteiger partial charge in [-0.15, -0.1) is 0 Å². The van der Waals surface area contributed by atoms with Gasteiger partial charge in [-0.25, -0.2) is 26.0 Å². The lowest BCUT2D eigenvalue weighted by atomic mass is 10.3. The van der Waals surface area contributed by atoms with Crippen LogP contribution in [0.1, 0.15) is 19.8 Å².